The Morgan fingerprint density at radius 1 is 1.21 bits per heavy atom. The molecule has 2 aromatic heterocycles. The van der Waals surface area contributed by atoms with Crippen LogP contribution in [0.5, 0.6) is 0 Å². The molecule has 0 N–H and O–H groups in total. The van der Waals surface area contributed by atoms with Gasteiger partial charge in [-0.1, -0.05) is 35.5 Å². The van der Waals surface area contributed by atoms with Crippen molar-refractivity contribution in [3.05, 3.63) is 40.7 Å². The molecular weight excluding hydrogens is 242 g/mol. The summed E-state index contributed by atoms with van der Waals surface area (Å²) in [5, 5.41) is 7.84. The van der Waals surface area contributed by atoms with Crippen LogP contribution in [0.4, 0.5) is 0 Å². The van der Waals surface area contributed by atoms with E-state index in [0.29, 0.717) is 23.5 Å². The third-order valence-corrected chi connectivity index (χ3v) is 3.08. The Morgan fingerprint density at radius 3 is 2.63 bits per heavy atom. The molecule has 0 atom stereocenters. The zero-order chi connectivity index (χ0) is 13.4. The first-order chi connectivity index (χ1) is 9.22. The second-order valence-corrected chi connectivity index (χ2v) is 4.24. The van der Waals surface area contributed by atoms with Gasteiger partial charge in [0.15, 0.2) is 11.2 Å². The average Bonchev–Trinajstić information content (AvgIpc) is 2.86. The van der Waals surface area contributed by atoms with Crippen molar-refractivity contribution in [2.24, 2.45) is 7.05 Å². The first-order valence-corrected chi connectivity index (χ1v) is 6.08. The topological polar surface area (TPSA) is 65.6 Å². The van der Waals surface area contributed by atoms with Crippen LogP contribution in [0.3, 0.4) is 0 Å². The van der Waals surface area contributed by atoms with Crippen molar-refractivity contribution in [1.82, 2.24) is 24.5 Å². The molecular formula is C13H13N5O. The summed E-state index contributed by atoms with van der Waals surface area (Å²) in [6, 6.07) is 9.61. The predicted octanol–water partition coefficient (Wildman–Crippen LogP) is 1.21. The molecule has 0 unspecified atom stereocenters. The molecule has 96 valence electrons. The number of rotatable bonds is 2. The fourth-order valence-electron chi connectivity index (χ4n) is 2.05. The fourth-order valence-corrected chi connectivity index (χ4v) is 2.05. The third kappa shape index (κ3) is 1.72. The normalized spacial score (nSPS) is 11.1. The van der Waals surface area contributed by atoms with Crippen LogP contribution < -0.4 is 5.56 Å². The van der Waals surface area contributed by atoms with E-state index in [2.05, 4.69) is 15.3 Å². The minimum Gasteiger partial charge on any atom is -0.294 e. The molecule has 2 heterocycles. The lowest BCUT2D eigenvalue weighted by Gasteiger charge is -2.07. The molecule has 0 saturated carbocycles. The highest BCUT2D eigenvalue weighted by Gasteiger charge is 2.14. The Hall–Kier alpha value is -2.50. The summed E-state index contributed by atoms with van der Waals surface area (Å²) in [6.45, 7) is 2.57. The maximum atomic E-state index is 12.3. The van der Waals surface area contributed by atoms with E-state index in [1.165, 1.54) is 4.57 Å². The molecule has 3 rings (SSSR count). The molecule has 19 heavy (non-hydrogen) atoms. The van der Waals surface area contributed by atoms with Gasteiger partial charge in [0.05, 0.1) is 0 Å². The number of aryl methyl sites for hydroxylation is 1. The SMILES string of the molecule is CCn1nnc2c(=O)n(C)c(-c3ccccc3)nc21. The Kier molecular flexibility index (Phi) is 2.63. The predicted molar refractivity (Wildman–Crippen MR) is 71.7 cm³/mol. The van der Waals surface area contributed by atoms with E-state index >= 15 is 0 Å². The second-order valence-electron chi connectivity index (χ2n) is 4.24. The Labute approximate surface area is 109 Å². The summed E-state index contributed by atoms with van der Waals surface area (Å²) in [6.07, 6.45) is 0. The lowest BCUT2D eigenvalue weighted by atomic mass is 10.2. The minimum atomic E-state index is -0.177. The van der Waals surface area contributed by atoms with Crippen LogP contribution in [0.1, 0.15) is 6.92 Å². The Balaban J connectivity index is 2.37. The van der Waals surface area contributed by atoms with Crippen LogP contribution in [0, 0.1) is 0 Å². The van der Waals surface area contributed by atoms with E-state index in [4.69, 9.17) is 0 Å². The number of fused-ring (bicyclic) bond motifs is 1. The Morgan fingerprint density at radius 2 is 1.95 bits per heavy atom. The van der Waals surface area contributed by atoms with Gasteiger partial charge in [-0.3, -0.25) is 9.36 Å². The molecule has 0 aliphatic rings. The fraction of sp³-hybridized carbons (Fsp3) is 0.231. The van der Waals surface area contributed by atoms with Crippen molar-refractivity contribution in [3.8, 4) is 11.4 Å². The van der Waals surface area contributed by atoms with Gasteiger partial charge in [-0.05, 0) is 6.92 Å². The van der Waals surface area contributed by atoms with Gasteiger partial charge in [0, 0.05) is 19.2 Å². The highest BCUT2D eigenvalue weighted by molar-refractivity contribution is 5.72. The van der Waals surface area contributed by atoms with E-state index in [-0.39, 0.29) is 5.56 Å². The summed E-state index contributed by atoms with van der Waals surface area (Å²) in [5.74, 6) is 0.620. The van der Waals surface area contributed by atoms with Gasteiger partial charge >= 0.3 is 0 Å². The molecule has 6 heteroatoms. The first-order valence-electron chi connectivity index (χ1n) is 6.08. The largest absolute Gasteiger partial charge is 0.294 e. The molecule has 0 amide bonds. The van der Waals surface area contributed by atoms with Crippen LogP contribution in [0.2, 0.25) is 0 Å². The van der Waals surface area contributed by atoms with Crippen molar-refractivity contribution in [2.75, 3.05) is 0 Å². The molecule has 6 nitrogen and oxygen atoms in total. The van der Waals surface area contributed by atoms with Gasteiger partial charge in [-0.2, -0.15) is 0 Å². The molecule has 0 aliphatic heterocycles. The average molecular weight is 255 g/mol. The van der Waals surface area contributed by atoms with Crippen LogP contribution in [0.15, 0.2) is 35.1 Å². The van der Waals surface area contributed by atoms with Crippen LogP contribution in [-0.4, -0.2) is 24.5 Å². The number of nitrogens with zero attached hydrogens (tertiary/aromatic N) is 5. The summed E-state index contributed by atoms with van der Waals surface area (Å²) >= 11 is 0. The molecule has 0 radical (unpaired) electrons. The summed E-state index contributed by atoms with van der Waals surface area (Å²) in [4.78, 5) is 16.8. The van der Waals surface area contributed by atoms with Gasteiger partial charge in [0.2, 0.25) is 0 Å². The summed E-state index contributed by atoms with van der Waals surface area (Å²) in [5.41, 5.74) is 1.56. The number of hydrogen-bond acceptors (Lipinski definition) is 4. The van der Waals surface area contributed by atoms with E-state index < -0.39 is 0 Å². The lowest BCUT2D eigenvalue weighted by molar-refractivity contribution is 0.640. The maximum Gasteiger partial charge on any atom is 0.283 e. The standard InChI is InChI=1S/C13H13N5O/c1-3-18-12-10(15-16-18)13(19)17(2)11(14-12)9-7-5-4-6-8-9/h4-8H,3H2,1-2H3. The highest BCUT2D eigenvalue weighted by atomic mass is 16.1. The van der Waals surface area contributed by atoms with E-state index in [0.717, 1.165) is 5.56 Å². The van der Waals surface area contributed by atoms with Gasteiger partial charge < -0.3 is 0 Å². The van der Waals surface area contributed by atoms with Gasteiger partial charge in [0.25, 0.3) is 5.56 Å². The minimum absolute atomic E-state index is 0.177. The summed E-state index contributed by atoms with van der Waals surface area (Å²) < 4.78 is 3.13. The zero-order valence-electron chi connectivity index (χ0n) is 10.7. The quantitative estimate of drug-likeness (QED) is 0.690. The van der Waals surface area contributed by atoms with Crippen molar-refractivity contribution < 1.29 is 0 Å². The van der Waals surface area contributed by atoms with Gasteiger partial charge in [-0.15, -0.1) is 5.10 Å². The first kappa shape index (κ1) is 11.6. The highest BCUT2D eigenvalue weighted by Crippen LogP contribution is 2.16. The van der Waals surface area contributed by atoms with Crippen LogP contribution in [-0.2, 0) is 13.6 Å². The van der Waals surface area contributed by atoms with E-state index in [9.17, 15) is 4.79 Å². The molecule has 3 aromatic rings. The van der Waals surface area contributed by atoms with Crippen LogP contribution in [0.25, 0.3) is 22.6 Å². The summed E-state index contributed by atoms with van der Waals surface area (Å²) in [7, 11) is 1.70. The van der Waals surface area contributed by atoms with E-state index in [1.807, 2.05) is 37.3 Å². The van der Waals surface area contributed by atoms with Crippen LogP contribution >= 0.6 is 0 Å². The van der Waals surface area contributed by atoms with Crippen molar-refractivity contribution in [3.63, 3.8) is 0 Å². The number of aromatic nitrogens is 5. The molecule has 0 spiro atoms. The van der Waals surface area contributed by atoms with Crippen molar-refractivity contribution in [1.29, 1.82) is 0 Å². The molecule has 0 aliphatic carbocycles. The van der Waals surface area contributed by atoms with Crippen molar-refractivity contribution >= 4 is 11.2 Å². The van der Waals surface area contributed by atoms with Gasteiger partial charge in [0.1, 0.15) is 5.82 Å². The zero-order valence-corrected chi connectivity index (χ0v) is 10.7. The van der Waals surface area contributed by atoms with E-state index in [1.54, 1.807) is 11.7 Å². The number of benzene rings is 1. The second kappa shape index (κ2) is 4.31. The monoisotopic (exact) mass is 255 g/mol. The smallest absolute Gasteiger partial charge is 0.283 e. The number of hydrogen-bond donors (Lipinski definition) is 0. The molecule has 0 fully saturated rings. The maximum absolute atomic E-state index is 12.3. The molecule has 0 saturated heterocycles. The Bertz CT molecular complexity index is 788. The molecule has 1 aromatic carbocycles. The van der Waals surface area contributed by atoms with Crippen molar-refractivity contribution in [2.45, 2.75) is 13.5 Å². The molecule has 0 bridgehead atoms. The lowest BCUT2D eigenvalue weighted by Crippen LogP contribution is -2.20. The van der Waals surface area contributed by atoms with Gasteiger partial charge in [-0.25, -0.2) is 9.67 Å². The third-order valence-electron chi connectivity index (χ3n) is 3.08.